The lowest BCUT2D eigenvalue weighted by molar-refractivity contribution is 0.408. The molecule has 0 saturated carbocycles. The lowest BCUT2D eigenvalue weighted by Crippen LogP contribution is -2.14. The number of aromatic nitrogens is 2. The number of imidazole rings is 1. The summed E-state index contributed by atoms with van der Waals surface area (Å²) in [6.07, 6.45) is 4.30. The van der Waals surface area contributed by atoms with Gasteiger partial charge in [0.1, 0.15) is 5.75 Å². The molecule has 2 aromatic rings. The molecule has 18 heavy (non-hydrogen) atoms. The van der Waals surface area contributed by atoms with Crippen LogP contribution in [0.4, 0.5) is 0 Å². The van der Waals surface area contributed by atoms with E-state index in [9.17, 15) is 0 Å². The van der Waals surface area contributed by atoms with Crippen LogP contribution in [0.1, 0.15) is 17.3 Å². The first-order chi connectivity index (χ1) is 8.60. The van der Waals surface area contributed by atoms with Crippen molar-refractivity contribution in [2.45, 2.75) is 12.5 Å². The number of ether oxygens (including phenoxy) is 1. The van der Waals surface area contributed by atoms with Gasteiger partial charge >= 0.3 is 0 Å². The molecule has 0 bridgehead atoms. The number of hydrogen-bond donors (Lipinski definition) is 1. The van der Waals surface area contributed by atoms with Crippen molar-refractivity contribution in [3.8, 4) is 5.75 Å². The molecule has 0 radical (unpaired) electrons. The van der Waals surface area contributed by atoms with Crippen molar-refractivity contribution >= 4 is 11.6 Å². The molecule has 0 fully saturated rings. The van der Waals surface area contributed by atoms with Gasteiger partial charge in [-0.2, -0.15) is 0 Å². The number of aryl methyl sites for hydroxylation is 1. The molecule has 0 aliphatic carbocycles. The molecule has 5 heteroatoms. The molecule has 1 unspecified atom stereocenters. The predicted octanol–water partition coefficient (Wildman–Crippen LogP) is 2.32. The Morgan fingerprint density at radius 3 is 2.89 bits per heavy atom. The molecule has 1 atom stereocenters. The zero-order valence-electron chi connectivity index (χ0n) is 10.4. The summed E-state index contributed by atoms with van der Waals surface area (Å²) < 4.78 is 7.18. The first-order valence-corrected chi connectivity index (χ1v) is 6.04. The second-order valence-corrected chi connectivity index (χ2v) is 4.67. The molecule has 1 aromatic heterocycles. The maximum Gasteiger partial charge on any atom is 0.122 e. The fourth-order valence-electron chi connectivity index (χ4n) is 1.87. The number of rotatable bonds is 4. The Kier molecular flexibility index (Phi) is 3.89. The highest BCUT2D eigenvalue weighted by Gasteiger charge is 2.13. The minimum absolute atomic E-state index is 0.168. The SMILES string of the molecule is COc1ccc(Cl)cc1CC(N)c1cn(C)cn1. The Bertz CT molecular complexity index is 539. The summed E-state index contributed by atoms with van der Waals surface area (Å²) in [6, 6.07) is 5.36. The van der Waals surface area contributed by atoms with Crippen molar-refractivity contribution in [1.29, 1.82) is 0 Å². The second kappa shape index (κ2) is 5.42. The zero-order valence-corrected chi connectivity index (χ0v) is 11.2. The third kappa shape index (κ3) is 2.83. The summed E-state index contributed by atoms with van der Waals surface area (Å²) in [4.78, 5) is 4.25. The van der Waals surface area contributed by atoms with E-state index in [1.54, 1.807) is 19.5 Å². The maximum absolute atomic E-state index is 6.14. The molecule has 4 nitrogen and oxygen atoms in total. The normalized spacial score (nSPS) is 12.4. The molecule has 2 rings (SSSR count). The maximum atomic E-state index is 6.14. The molecule has 0 amide bonds. The summed E-state index contributed by atoms with van der Waals surface area (Å²) in [7, 11) is 3.56. The van der Waals surface area contributed by atoms with Crippen LogP contribution in [-0.4, -0.2) is 16.7 Å². The van der Waals surface area contributed by atoms with E-state index in [2.05, 4.69) is 4.98 Å². The second-order valence-electron chi connectivity index (χ2n) is 4.23. The molecule has 1 heterocycles. The third-order valence-electron chi connectivity index (χ3n) is 2.79. The van der Waals surface area contributed by atoms with E-state index < -0.39 is 0 Å². The zero-order chi connectivity index (χ0) is 13.1. The number of nitrogens with two attached hydrogens (primary N) is 1. The van der Waals surface area contributed by atoms with Crippen LogP contribution in [-0.2, 0) is 13.5 Å². The van der Waals surface area contributed by atoms with Gasteiger partial charge in [-0.1, -0.05) is 11.6 Å². The van der Waals surface area contributed by atoms with E-state index in [0.29, 0.717) is 11.4 Å². The predicted molar refractivity (Wildman–Crippen MR) is 71.8 cm³/mol. The number of methoxy groups -OCH3 is 1. The van der Waals surface area contributed by atoms with Crippen LogP contribution < -0.4 is 10.5 Å². The lowest BCUT2D eigenvalue weighted by Gasteiger charge is -2.12. The van der Waals surface area contributed by atoms with Gasteiger partial charge in [-0.15, -0.1) is 0 Å². The minimum atomic E-state index is -0.168. The smallest absolute Gasteiger partial charge is 0.122 e. The fourth-order valence-corrected chi connectivity index (χ4v) is 2.07. The number of hydrogen-bond acceptors (Lipinski definition) is 3. The topological polar surface area (TPSA) is 53.1 Å². The Morgan fingerprint density at radius 2 is 2.28 bits per heavy atom. The molecule has 1 aromatic carbocycles. The fraction of sp³-hybridized carbons (Fsp3) is 0.308. The Balaban J connectivity index is 2.20. The van der Waals surface area contributed by atoms with Crippen LogP contribution in [0.2, 0.25) is 5.02 Å². The molecule has 0 aliphatic heterocycles. The largest absolute Gasteiger partial charge is 0.496 e. The van der Waals surface area contributed by atoms with E-state index in [-0.39, 0.29) is 6.04 Å². The van der Waals surface area contributed by atoms with Gasteiger partial charge in [-0.3, -0.25) is 0 Å². The minimum Gasteiger partial charge on any atom is -0.496 e. The van der Waals surface area contributed by atoms with Gasteiger partial charge in [0.05, 0.1) is 25.2 Å². The average Bonchev–Trinajstić information content (AvgIpc) is 2.76. The van der Waals surface area contributed by atoms with Crippen molar-refractivity contribution in [2.24, 2.45) is 12.8 Å². The van der Waals surface area contributed by atoms with Crippen molar-refractivity contribution in [3.63, 3.8) is 0 Å². The molecule has 0 aliphatic rings. The van der Waals surface area contributed by atoms with Crippen molar-refractivity contribution in [2.75, 3.05) is 7.11 Å². The summed E-state index contributed by atoms with van der Waals surface area (Å²) in [5.74, 6) is 0.797. The number of benzene rings is 1. The van der Waals surface area contributed by atoms with Gasteiger partial charge in [0, 0.05) is 18.3 Å². The number of halogens is 1. The van der Waals surface area contributed by atoms with Gasteiger partial charge in [0.15, 0.2) is 0 Å². The molecule has 2 N–H and O–H groups in total. The molecule has 0 saturated heterocycles. The Morgan fingerprint density at radius 1 is 1.50 bits per heavy atom. The Hall–Kier alpha value is -1.52. The van der Waals surface area contributed by atoms with Crippen LogP contribution in [0.5, 0.6) is 5.75 Å². The first-order valence-electron chi connectivity index (χ1n) is 5.66. The van der Waals surface area contributed by atoms with Crippen LogP contribution >= 0.6 is 11.6 Å². The summed E-state index contributed by atoms with van der Waals surface area (Å²) in [6.45, 7) is 0. The molecular weight excluding hydrogens is 250 g/mol. The molecule has 96 valence electrons. The van der Waals surface area contributed by atoms with Gasteiger partial charge < -0.3 is 15.0 Å². The monoisotopic (exact) mass is 265 g/mol. The van der Waals surface area contributed by atoms with E-state index >= 15 is 0 Å². The van der Waals surface area contributed by atoms with E-state index in [1.165, 1.54) is 0 Å². The van der Waals surface area contributed by atoms with Gasteiger partial charge in [-0.05, 0) is 30.2 Å². The van der Waals surface area contributed by atoms with Crippen molar-refractivity contribution in [1.82, 2.24) is 9.55 Å². The highest BCUT2D eigenvalue weighted by Crippen LogP contribution is 2.26. The molecule has 0 spiro atoms. The highest BCUT2D eigenvalue weighted by molar-refractivity contribution is 6.30. The van der Waals surface area contributed by atoms with Crippen LogP contribution in [0.3, 0.4) is 0 Å². The quantitative estimate of drug-likeness (QED) is 0.923. The van der Waals surface area contributed by atoms with Crippen molar-refractivity contribution in [3.05, 3.63) is 47.0 Å². The molecular formula is C13H16ClN3O. The average molecular weight is 266 g/mol. The summed E-state index contributed by atoms with van der Waals surface area (Å²) in [5.41, 5.74) is 7.99. The highest BCUT2D eigenvalue weighted by atomic mass is 35.5. The van der Waals surface area contributed by atoms with E-state index in [1.807, 2.05) is 29.9 Å². The van der Waals surface area contributed by atoms with Crippen LogP contribution in [0.25, 0.3) is 0 Å². The van der Waals surface area contributed by atoms with Crippen molar-refractivity contribution < 1.29 is 4.74 Å². The van der Waals surface area contributed by atoms with Gasteiger partial charge in [0.25, 0.3) is 0 Å². The number of nitrogens with zero attached hydrogens (tertiary/aromatic N) is 2. The van der Waals surface area contributed by atoms with Crippen LogP contribution in [0.15, 0.2) is 30.7 Å². The van der Waals surface area contributed by atoms with E-state index in [4.69, 9.17) is 22.1 Å². The third-order valence-corrected chi connectivity index (χ3v) is 3.02. The summed E-state index contributed by atoms with van der Waals surface area (Å²) >= 11 is 5.99. The summed E-state index contributed by atoms with van der Waals surface area (Å²) in [5, 5.41) is 0.680. The van der Waals surface area contributed by atoms with E-state index in [0.717, 1.165) is 17.0 Å². The van der Waals surface area contributed by atoms with Crippen LogP contribution in [0, 0.1) is 0 Å². The Labute approximate surface area is 111 Å². The van der Waals surface area contributed by atoms with Gasteiger partial charge in [0.2, 0.25) is 0 Å². The lowest BCUT2D eigenvalue weighted by atomic mass is 10.0. The van der Waals surface area contributed by atoms with Gasteiger partial charge in [-0.25, -0.2) is 4.98 Å². The first kappa shape index (κ1) is 12.9. The standard InChI is InChI=1S/C13H16ClN3O/c1-17-7-12(16-8-17)11(15)6-9-5-10(14)3-4-13(9)18-2/h3-5,7-8,11H,6,15H2,1-2H3.